The van der Waals surface area contributed by atoms with Crippen LogP contribution >= 0.6 is 0 Å². The zero-order valence-electron chi connectivity index (χ0n) is 12.8. The van der Waals surface area contributed by atoms with Crippen LogP contribution in [0.1, 0.15) is 54.9 Å². The van der Waals surface area contributed by atoms with Gasteiger partial charge in [-0.3, -0.25) is 0 Å². The Kier molecular flexibility index (Phi) is 6.86. The van der Waals surface area contributed by atoms with E-state index in [0.717, 1.165) is 23.0 Å². The normalized spacial score (nSPS) is 13.8. The number of hydrogen-bond donors (Lipinski definition) is 0. The minimum Gasteiger partial charge on any atom is -0.130 e. The molecule has 0 aliphatic heterocycles. The minimum absolute atomic E-state index is 0.373. The topological polar surface area (TPSA) is 0 Å². The van der Waals surface area contributed by atoms with Crippen LogP contribution in [0.3, 0.4) is 0 Å². The van der Waals surface area contributed by atoms with Gasteiger partial charge in [-0.15, -0.1) is 18.0 Å². The lowest BCUT2D eigenvalue weighted by molar-refractivity contribution is 0.800. The Hall–Kier alpha value is -0.483. The molecule has 0 aliphatic carbocycles. The third-order valence-electron chi connectivity index (χ3n) is 4.06. The summed E-state index contributed by atoms with van der Waals surface area (Å²) in [6.45, 7) is 20.2. The van der Waals surface area contributed by atoms with Crippen molar-refractivity contribution >= 4 is 8.07 Å². The Balaban J connectivity index is 5.39. The molecule has 0 aliphatic rings. The smallest absolute Gasteiger partial charge is 0.130 e. The molecule has 0 aromatic heterocycles. The second-order valence-corrected chi connectivity index (χ2v) is 11.5. The van der Waals surface area contributed by atoms with Gasteiger partial charge in [-0.1, -0.05) is 54.5 Å². The fourth-order valence-corrected chi connectivity index (χ4v) is 8.28. The molecule has 0 saturated heterocycles. The Morgan fingerprint density at radius 3 is 1.65 bits per heavy atom. The van der Waals surface area contributed by atoms with Crippen LogP contribution in [-0.2, 0) is 0 Å². The highest BCUT2D eigenvalue weighted by Crippen LogP contribution is 2.40. The second-order valence-electron chi connectivity index (χ2n) is 5.92. The molecule has 0 aromatic rings. The minimum atomic E-state index is -1.53. The summed E-state index contributed by atoms with van der Waals surface area (Å²) in [5.74, 6) is 3.87. The van der Waals surface area contributed by atoms with E-state index in [1.807, 2.05) is 6.08 Å². The van der Waals surface area contributed by atoms with E-state index in [1.54, 1.807) is 0 Å². The molecule has 98 valence electrons. The SMILES string of the molecule is C=C[C@@H](C#C[Si](C(C)C)(C(C)C)C(C)C)CC. The van der Waals surface area contributed by atoms with E-state index >= 15 is 0 Å². The number of hydrogen-bond acceptors (Lipinski definition) is 0. The molecule has 0 aromatic carbocycles. The second kappa shape index (κ2) is 7.06. The van der Waals surface area contributed by atoms with Gasteiger partial charge in [0.15, 0.2) is 0 Å². The molecule has 0 radical (unpaired) electrons. The first-order valence-electron chi connectivity index (χ1n) is 6.98. The summed E-state index contributed by atoms with van der Waals surface area (Å²) >= 11 is 0. The monoisotopic (exact) mass is 250 g/mol. The van der Waals surface area contributed by atoms with Crippen LogP contribution in [0.25, 0.3) is 0 Å². The lowest BCUT2D eigenvalue weighted by atomic mass is 10.1. The summed E-state index contributed by atoms with van der Waals surface area (Å²) in [4.78, 5) is 0. The van der Waals surface area contributed by atoms with Gasteiger partial charge < -0.3 is 0 Å². The third kappa shape index (κ3) is 3.74. The van der Waals surface area contributed by atoms with Crippen LogP contribution < -0.4 is 0 Å². The van der Waals surface area contributed by atoms with E-state index in [2.05, 4.69) is 66.5 Å². The fraction of sp³-hybridized carbons (Fsp3) is 0.750. The van der Waals surface area contributed by atoms with Gasteiger partial charge in [0.05, 0.1) is 0 Å². The summed E-state index contributed by atoms with van der Waals surface area (Å²) in [6, 6.07) is 0. The molecule has 0 unspecified atom stereocenters. The maximum atomic E-state index is 3.88. The molecule has 0 N–H and O–H groups in total. The van der Waals surface area contributed by atoms with E-state index < -0.39 is 8.07 Å². The quantitative estimate of drug-likeness (QED) is 0.347. The Morgan fingerprint density at radius 1 is 1.00 bits per heavy atom. The van der Waals surface area contributed by atoms with Gasteiger partial charge in [0.25, 0.3) is 0 Å². The van der Waals surface area contributed by atoms with Gasteiger partial charge in [0.2, 0.25) is 0 Å². The molecule has 0 fully saturated rings. The average Bonchev–Trinajstić information content (AvgIpc) is 2.23. The van der Waals surface area contributed by atoms with Crippen molar-refractivity contribution in [3.05, 3.63) is 12.7 Å². The van der Waals surface area contributed by atoms with Gasteiger partial charge in [-0.25, -0.2) is 0 Å². The van der Waals surface area contributed by atoms with Gasteiger partial charge in [0, 0.05) is 5.92 Å². The molecule has 0 spiro atoms. The molecule has 17 heavy (non-hydrogen) atoms. The first-order valence-corrected chi connectivity index (χ1v) is 9.21. The largest absolute Gasteiger partial charge is 0.145 e. The van der Waals surface area contributed by atoms with Gasteiger partial charge in [0.1, 0.15) is 8.07 Å². The highest BCUT2D eigenvalue weighted by atomic mass is 28.3. The summed E-state index contributed by atoms with van der Waals surface area (Å²) in [5, 5.41) is 0. The van der Waals surface area contributed by atoms with Gasteiger partial charge >= 0.3 is 0 Å². The van der Waals surface area contributed by atoms with Crippen LogP contribution in [0.15, 0.2) is 12.7 Å². The summed E-state index contributed by atoms with van der Waals surface area (Å²) in [6.07, 6.45) is 3.07. The molecule has 0 nitrogen and oxygen atoms in total. The number of allylic oxidation sites excluding steroid dienone is 1. The van der Waals surface area contributed by atoms with E-state index in [4.69, 9.17) is 0 Å². The lowest BCUT2D eigenvalue weighted by Crippen LogP contribution is -2.43. The molecule has 0 heterocycles. The Morgan fingerprint density at radius 2 is 1.41 bits per heavy atom. The highest BCUT2D eigenvalue weighted by molar-refractivity contribution is 6.90. The van der Waals surface area contributed by atoms with Crippen LogP contribution in [0, 0.1) is 17.4 Å². The molecular weight excluding hydrogens is 220 g/mol. The van der Waals surface area contributed by atoms with Crippen molar-refractivity contribution in [3.63, 3.8) is 0 Å². The van der Waals surface area contributed by atoms with E-state index in [0.29, 0.717) is 5.92 Å². The summed E-state index contributed by atoms with van der Waals surface area (Å²) in [7, 11) is -1.53. The van der Waals surface area contributed by atoms with Crippen LogP contribution in [0.4, 0.5) is 0 Å². The standard InChI is InChI=1S/C16H30Si/c1-9-16(10-2)11-12-17(13(3)4,14(5)6)15(7)8/h9,13-16H,1,10H2,2-8H3/t16-/m1/s1. The molecule has 0 rings (SSSR count). The van der Waals surface area contributed by atoms with Gasteiger partial charge in [-0.05, 0) is 23.0 Å². The number of rotatable bonds is 5. The van der Waals surface area contributed by atoms with Crippen LogP contribution in [0.2, 0.25) is 16.6 Å². The molecule has 1 atom stereocenters. The molecule has 0 bridgehead atoms. The molecule has 1 heteroatoms. The zero-order valence-corrected chi connectivity index (χ0v) is 13.8. The van der Waals surface area contributed by atoms with E-state index in [-0.39, 0.29) is 0 Å². The fourth-order valence-electron chi connectivity index (χ4n) is 2.98. The first-order chi connectivity index (χ1) is 7.82. The predicted octanol–water partition coefficient (Wildman–Crippen LogP) is 5.42. The van der Waals surface area contributed by atoms with Crippen molar-refractivity contribution in [2.24, 2.45) is 5.92 Å². The van der Waals surface area contributed by atoms with Crippen molar-refractivity contribution < 1.29 is 0 Å². The average molecular weight is 251 g/mol. The van der Waals surface area contributed by atoms with E-state index in [1.165, 1.54) is 0 Å². The summed E-state index contributed by atoms with van der Waals surface area (Å²) < 4.78 is 0. The maximum Gasteiger partial charge on any atom is 0.145 e. The van der Waals surface area contributed by atoms with Crippen LogP contribution in [0.5, 0.6) is 0 Å². The predicted molar refractivity (Wildman–Crippen MR) is 82.8 cm³/mol. The Bertz CT molecular complexity index is 267. The molecule has 0 amide bonds. The molecular formula is C16H30Si. The maximum absolute atomic E-state index is 3.88. The third-order valence-corrected chi connectivity index (χ3v) is 10.4. The van der Waals surface area contributed by atoms with Crippen LogP contribution in [-0.4, -0.2) is 8.07 Å². The van der Waals surface area contributed by atoms with Crippen molar-refractivity contribution in [1.29, 1.82) is 0 Å². The lowest BCUT2D eigenvalue weighted by Gasteiger charge is -2.38. The Labute approximate surface area is 110 Å². The van der Waals surface area contributed by atoms with Crippen molar-refractivity contribution in [2.45, 2.75) is 71.5 Å². The van der Waals surface area contributed by atoms with Gasteiger partial charge in [-0.2, -0.15) is 0 Å². The zero-order chi connectivity index (χ0) is 13.6. The summed E-state index contributed by atoms with van der Waals surface area (Å²) in [5.41, 5.74) is 5.91. The highest BCUT2D eigenvalue weighted by Gasteiger charge is 2.41. The van der Waals surface area contributed by atoms with E-state index in [9.17, 15) is 0 Å². The first kappa shape index (κ1) is 16.5. The van der Waals surface area contributed by atoms with Crippen molar-refractivity contribution in [2.75, 3.05) is 0 Å². The van der Waals surface area contributed by atoms with Crippen molar-refractivity contribution in [1.82, 2.24) is 0 Å². The van der Waals surface area contributed by atoms with Crippen molar-refractivity contribution in [3.8, 4) is 11.5 Å². The molecule has 0 saturated carbocycles.